The first-order valence-electron chi connectivity index (χ1n) is 6.15. The number of hydrogen-bond donors (Lipinski definition) is 0. The van der Waals surface area contributed by atoms with Crippen LogP contribution in [0.5, 0.6) is 0 Å². The summed E-state index contributed by atoms with van der Waals surface area (Å²) in [6, 6.07) is 2.98. The van der Waals surface area contributed by atoms with Crippen LogP contribution in [0.25, 0.3) is 0 Å². The average molecular weight is 217 g/mol. The molecule has 0 unspecified atom stereocenters. The summed E-state index contributed by atoms with van der Waals surface area (Å²) in [4.78, 5) is 9.58. The van der Waals surface area contributed by atoms with Crippen LogP contribution in [0.15, 0.2) is 12.3 Å². The maximum Gasteiger partial charge on any atom is 0.132 e. The summed E-state index contributed by atoms with van der Waals surface area (Å²) in [5.74, 6) is 1.25. The smallest absolute Gasteiger partial charge is 0.132 e. The number of nitrogens with zero attached hydrogens (tertiary/aromatic N) is 3. The molecule has 0 N–H and O–H groups in total. The summed E-state index contributed by atoms with van der Waals surface area (Å²) in [5.41, 5.74) is 2.73. The zero-order valence-corrected chi connectivity index (χ0v) is 10.1. The third kappa shape index (κ3) is 1.59. The standard InChI is InChI=1S/C13H19N3/c1-10-7-11-3-4-12-9-15(2)5-6-16(12)13(11)14-8-10/h7-8,12H,3-6,9H2,1-2H3/t12-/m0/s1. The molecule has 2 aliphatic heterocycles. The number of piperazine rings is 1. The monoisotopic (exact) mass is 217 g/mol. The molecule has 1 atom stereocenters. The second-order valence-corrected chi connectivity index (χ2v) is 5.14. The number of fused-ring (bicyclic) bond motifs is 3. The first-order valence-corrected chi connectivity index (χ1v) is 6.15. The highest BCUT2D eigenvalue weighted by Crippen LogP contribution is 2.30. The fourth-order valence-electron chi connectivity index (χ4n) is 2.92. The van der Waals surface area contributed by atoms with Crippen molar-refractivity contribution in [1.29, 1.82) is 0 Å². The molecular formula is C13H19N3. The van der Waals surface area contributed by atoms with Crippen molar-refractivity contribution < 1.29 is 0 Å². The van der Waals surface area contributed by atoms with Crippen molar-refractivity contribution in [2.75, 3.05) is 31.6 Å². The summed E-state index contributed by atoms with van der Waals surface area (Å²) in [6.45, 7) is 5.61. The molecule has 0 radical (unpaired) electrons. The molecule has 0 aromatic carbocycles. The third-order valence-electron chi connectivity index (χ3n) is 3.78. The van der Waals surface area contributed by atoms with Gasteiger partial charge >= 0.3 is 0 Å². The van der Waals surface area contributed by atoms with Crippen LogP contribution in [0.4, 0.5) is 5.82 Å². The Bertz CT molecular complexity index is 402. The number of anilines is 1. The first-order chi connectivity index (χ1) is 7.74. The predicted octanol–water partition coefficient (Wildman–Crippen LogP) is 1.46. The summed E-state index contributed by atoms with van der Waals surface area (Å²) in [7, 11) is 2.22. The first kappa shape index (κ1) is 10.1. The van der Waals surface area contributed by atoms with Crippen molar-refractivity contribution in [2.45, 2.75) is 25.8 Å². The number of aryl methyl sites for hydroxylation is 2. The van der Waals surface area contributed by atoms with Gasteiger partial charge in [0.1, 0.15) is 5.82 Å². The quantitative estimate of drug-likeness (QED) is 0.656. The fourth-order valence-corrected chi connectivity index (χ4v) is 2.92. The van der Waals surface area contributed by atoms with Crippen molar-refractivity contribution in [1.82, 2.24) is 9.88 Å². The molecule has 1 aromatic heterocycles. The Hall–Kier alpha value is -1.09. The molecule has 1 saturated heterocycles. The van der Waals surface area contributed by atoms with E-state index in [9.17, 15) is 0 Å². The van der Waals surface area contributed by atoms with Crippen LogP contribution in [0, 0.1) is 6.92 Å². The van der Waals surface area contributed by atoms with Gasteiger partial charge in [-0.1, -0.05) is 6.07 Å². The number of hydrogen-bond acceptors (Lipinski definition) is 3. The lowest BCUT2D eigenvalue weighted by Gasteiger charge is -2.44. The van der Waals surface area contributed by atoms with Gasteiger partial charge in [0.05, 0.1) is 0 Å². The van der Waals surface area contributed by atoms with E-state index in [0.29, 0.717) is 6.04 Å². The van der Waals surface area contributed by atoms with E-state index in [2.05, 4.69) is 34.8 Å². The Morgan fingerprint density at radius 1 is 1.38 bits per heavy atom. The second-order valence-electron chi connectivity index (χ2n) is 5.14. The molecule has 2 aliphatic rings. The van der Waals surface area contributed by atoms with E-state index in [1.54, 1.807) is 0 Å². The second kappa shape index (κ2) is 3.74. The van der Waals surface area contributed by atoms with E-state index in [4.69, 9.17) is 0 Å². The van der Waals surface area contributed by atoms with E-state index in [1.165, 1.54) is 36.3 Å². The zero-order valence-electron chi connectivity index (χ0n) is 10.1. The highest BCUT2D eigenvalue weighted by molar-refractivity contribution is 5.51. The van der Waals surface area contributed by atoms with Gasteiger partial charge in [0, 0.05) is 31.9 Å². The lowest BCUT2D eigenvalue weighted by Crippen LogP contribution is -2.54. The van der Waals surface area contributed by atoms with Gasteiger partial charge in [-0.05, 0) is 37.9 Å². The molecule has 16 heavy (non-hydrogen) atoms. The highest BCUT2D eigenvalue weighted by Gasteiger charge is 2.31. The number of aromatic nitrogens is 1. The van der Waals surface area contributed by atoms with Crippen molar-refractivity contribution in [3.8, 4) is 0 Å². The minimum absolute atomic E-state index is 0.682. The fraction of sp³-hybridized carbons (Fsp3) is 0.615. The highest BCUT2D eigenvalue weighted by atomic mass is 15.3. The van der Waals surface area contributed by atoms with Crippen molar-refractivity contribution in [2.24, 2.45) is 0 Å². The molecule has 0 aliphatic carbocycles. The third-order valence-corrected chi connectivity index (χ3v) is 3.78. The van der Waals surface area contributed by atoms with Crippen molar-refractivity contribution >= 4 is 5.82 Å². The molecule has 3 heteroatoms. The van der Waals surface area contributed by atoms with E-state index < -0.39 is 0 Å². The molecule has 0 spiro atoms. The average Bonchev–Trinajstić information content (AvgIpc) is 2.28. The number of rotatable bonds is 0. The summed E-state index contributed by atoms with van der Waals surface area (Å²) < 4.78 is 0. The van der Waals surface area contributed by atoms with E-state index in [-0.39, 0.29) is 0 Å². The maximum absolute atomic E-state index is 4.64. The Kier molecular flexibility index (Phi) is 2.36. The Balaban J connectivity index is 1.94. The topological polar surface area (TPSA) is 19.4 Å². The summed E-state index contributed by atoms with van der Waals surface area (Å²) in [6.07, 6.45) is 4.47. The molecule has 0 saturated carbocycles. The van der Waals surface area contributed by atoms with Gasteiger partial charge in [-0.15, -0.1) is 0 Å². The van der Waals surface area contributed by atoms with Gasteiger partial charge in [-0.2, -0.15) is 0 Å². The van der Waals surface area contributed by atoms with Crippen LogP contribution in [0.1, 0.15) is 17.5 Å². The van der Waals surface area contributed by atoms with Gasteiger partial charge in [0.25, 0.3) is 0 Å². The van der Waals surface area contributed by atoms with Gasteiger partial charge in [0.2, 0.25) is 0 Å². The maximum atomic E-state index is 4.64. The number of likely N-dealkylation sites (N-methyl/N-ethyl adjacent to an activating group) is 1. The van der Waals surface area contributed by atoms with Gasteiger partial charge in [-0.25, -0.2) is 4.98 Å². The lowest BCUT2D eigenvalue weighted by atomic mass is 9.96. The summed E-state index contributed by atoms with van der Waals surface area (Å²) in [5, 5.41) is 0. The lowest BCUT2D eigenvalue weighted by molar-refractivity contribution is 0.254. The van der Waals surface area contributed by atoms with Crippen LogP contribution in [-0.2, 0) is 6.42 Å². The largest absolute Gasteiger partial charge is 0.351 e. The molecule has 3 rings (SSSR count). The van der Waals surface area contributed by atoms with E-state index >= 15 is 0 Å². The SMILES string of the molecule is Cc1cnc2c(c1)CC[C@H]1CN(C)CCN21. The molecule has 0 amide bonds. The van der Waals surface area contributed by atoms with Crippen LogP contribution in [0.3, 0.4) is 0 Å². The van der Waals surface area contributed by atoms with Crippen LogP contribution >= 0.6 is 0 Å². The molecule has 3 heterocycles. The Morgan fingerprint density at radius 3 is 3.12 bits per heavy atom. The predicted molar refractivity (Wildman–Crippen MR) is 65.9 cm³/mol. The minimum Gasteiger partial charge on any atom is -0.351 e. The van der Waals surface area contributed by atoms with E-state index in [1.807, 2.05) is 6.20 Å². The van der Waals surface area contributed by atoms with Crippen molar-refractivity contribution in [3.05, 3.63) is 23.4 Å². The molecular weight excluding hydrogens is 198 g/mol. The molecule has 1 aromatic rings. The normalized spacial score (nSPS) is 25.1. The van der Waals surface area contributed by atoms with Gasteiger partial charge in [0.15, 0.2) is 0 Å². The van der Waals surface area contributed by atoms with Crippen LogP contribution in [0.2, 0.25) is 0 Å². The molecule has 0 bridgehead atoms. The molecule has 1 fully saturated rings. The Labute approximate surface area is 97.1 Å². The van der Waals surface area contributed by atoms with Crippen LogP contribution in [-0.4, -0.2) is 42.6 Å². The molecule has 3 nitrogen and oxygen atoms in total. The Morgan fingerprint density at radius 2 is 2.25 bits per heavy atom. The summed E-state index contributed by atoms with van der Waals surface area (Å²) >= 11 is 0. The van der Waals surface area contributed by atoms with Crippen molar-refractivity contribution in [3.63, 3.8) is 0 Å². The van der Waals surface area contributed by atoms with Crippen LogP contribution < -0.4 is 4.90 Å². The van der Waals surface area contributed by atoms with Gasteiger partial charge < -0.3 is 9.80 Å². The van der Waals surface area contributed by atoms with Gasteiger partial charge in [-0.3, -0.25) is 0 Å². The minimum atomic E-state index is 0.682. The molecule has 86 valence electrons. The number of pyridine rings is 1. The zero-order chi connectivity index (χ0) is 11.1. The van der Waals surface area contributed by atoms with E-state index in [0.717, 1.165) is 13.1 Å².